The number of hydrogen-bond acceptors (Lipinski definition) is 6. The van der Waals surface area contributed by atoms with E-state index >= 15 is 8.78 Å². The van der Waals surface area contributed by atoms with Gasteiger partial charge in [0.25, 0.3) is 5.92 Å². The fourth-order valence-electron chi connectivity index (χ4n) is 4.58. The molecule has 2 saturated heterocycles. The van der Waals surface area contributed by atoms with Crippen LogP contribution in [0.1, 0.15) is 36.3 Å². The number of halogens is 2. The number of amides is 1. The number of pyridine rings is 1. The molecule has 10 heteroatoms. The molecule has 2 aliphatic rings. The number of carbonyl (C=O) groups excluding carboxylic acids is 1. The van der Waals surface area contributed by atoms with Gasteiger partial charge in [-0.15, -0.1) is 0 Å². The van der Waals surface area contributed by atoms with Crippen molar-refractivity contribution in [2.24, 2.45) is 0 Å². The number of carbonyl (C=O) groups is 1. The topological polar surface area (TPSA) is 97.3 Å². The molecule has 0 saturated carbocycles. The standard InChI is InChI=1S/C24H30F2N6O2/c1-31(2)8-3-4-20(33)32-9-7-24(25,26)19(15-32)30-22-17(12-27)13-28-23-21(22)18(14-29-23)16-5-10-34-11-6-16/h3-4,13-14,16,19H,5-11,15H2,1-2H3,(H2,28,29,30)/b4-3+/t19-/m0/s1. The lowest BCUT2D eigenvalue weighted by Gasteiger charge is -2.39. The van der Waals surface area contributed by atoms with Gasteiger partial charge in [0.2, 0.25) is 5.91 Å². The molecule has 0 bridgehead atoms. The molecule has 4 heterocycles. The van der Waals surface area contributed by atoms with Crippen molar-refractivity contribution in [3.63, 3.8) is 0 Å². The SMILES string of the molecule is CN(C)C/C=C/C(=O)N1CCC(F)(F)[C@@H](Nc2c(C#N)cnc3[nH]cc(C4CCOCC4)c23)C1. The summed E-state index contributed by atoms with van der Waals surface area (Å²) in [5, 5.41) is 13.4. The summed E-state index contributed by atoms with van der Waals surface area (Å²) in [6.45, 7) is 1.66. The van der Waals surface area contributed by atoms with Gasteiger partial charge in [0.1, 0.15) is 17.8 Å². The largest absolute Gasteiger partial charge is 0.381 e. The quantitative estimate of drug-likeness (QED) is 0.627. The zero-order valence-electron chi connectivity index (χ0n) is 19.5. The van der Waals surface area contributed by atoms with Crippen LogP contribution in [0.5, 0.6) is 0 Å². The molecule has 182 valence electrons. The highest BCUT2D eigenvalue weighted by Crippen LogP contribution is 2.39. The van der Waals surface area contributed by atoms with Crippen molar-refractivity contribution in [2.45, 2.75) is 37.1 Å². The number of rotatable bonds is 6. The monoisotopic (exact) mass is 472 g/mol. The fourth-order valence-corrected chi connectivity index (χ4v) is 4.58. The van der Waals surface area contributed by atoms with Crippen LogP contribution in [0.15, 0.2) is 24.5 Å². The molecule has 2 fully saturated rings. The van der Waals surface area contributed by atoms with Crippen molar-refractivity contribution in [1.82, 2.24) is 19.8 Å². The van der Waals surface area contributed by atoms with E-state index in [2.05, 4.69) is 21.4 Å². The average Bonchev–Trinajstić information content (AvgIpc) is 3.25. The van der Waals surface area contributed by atoms with E-state index in [0.717, 1.165) is 18.4 Å². The maximum absolute atomic E-state index is 15.0. The first-order valence-corrected chi connectivity index (χ1v) is 11.5. The molecule has 1 amide bonds. The van der Waals surface area contributed by atoms with Crippen molar-refractivity contribution in [3.05, 3.63) is 35.7 Å². The van der Waals surface area contributed by atoms with Crippen LogP contribution in [0.2, 0.25) is 0 Å². The van der Waals surface area contributed by atoms with E-state index < -0.39 is 18.4 Å². The Kier molecular flexibility index (Phi) is 7.14. The summed E-state index contributed by atoms with van der Waals surface area (Å²) < 4.78 is 35.5. The van der Waals surface area contributed by atoms with Gasteiger partial charge in [-0.25, -0.2) is 13.8 Å². The average molecular weight is 473 g/mol. The molecular formula is C24H30F2N6O2. The molecule has 0 aromatic carbocycles. The number of aromatic amines is 1. The molecule has 34 heavy (non-hydrogen) atoms. The summed E-state index contributed by atoms with van der Waals surface area (Å²) in [5.41, 5.74) is 2.04. The van der Waals surface area contributed by atoms with Crippen molar-refractivity contribution >= 4 is 22.6 Å². The van der Waals surface area contributed by atoms with Gasteiger partial charge in [-0.05, 0) is 38.4 Å². The van der Waals surface area contributed by atoms with Crippen LogP contribution >= 0.6 is 0 Å². The molecule has 4 rings (SSSR count). The number of aromatic nitrogens is 2. The lowest BCUT2D eigenvalue weighted by molar-refractivity contribution is -0.133. The number of fused-ring (bicyclic) bond motifs is 1. The predicted octanol–water partition coefficient (Wildman–Crippen LogP) is 3.09. The van der Waals surface area contributed by atoms with Crippen molar-refractivity contribution in [1.29, 1.82) is 5.26 Å². The van der Waals surface area contributed by atoms with Crippen LogP contribution in [0.25, 0.3) is 11.0 Å². The second-order valence-corrected chi connectivity index (χ2v) is 9.17. The summed E-state index contributed by atoms with van der Waals surface area (Å²) in [7, 11) is 3.77. The number of alkyl halides is 2. The highest BCUT2D eigenvalue weighted by Gasteiger charge is 2.45. The van der Waals surface area contributed by atoms with E-state index in [1.807, 2.05) is 25.2 Å². The molecule has 8 nitrogen and oxygen atoms in total. The molecule has 0 spiro atoms. The summed E-state index contributed by atoms with van der Waals surface area (Å²) in [6, 6.07) is 0.761. The molecule has 2 aliphatic heterocycles. The molecule has 0 unspecified atom stereocenters. The summed E-state index contributed by atoms with van der Waals surface area (Å²) in [4.78, 5) is 23.4. The predicted molar refractivity (Wildman–Crippen MR) is 125 cm³/mol. The van der Waals surface area contributed by atoms with Crippen LogP contribution in [0.4, 0.5) is 14.5 Å². The first-order valence-electron chi connectivity index (χ1n) is 11.5. The van der Waals surface area contributed by atoms with Gasteiger partial charge in [0.05, 0.1) is 11.3 Å². The second-order valence-electron chi connectivity index (χ2n) is 9.17. The van der Waals surface area contributed by atoms with Crippen LogP contribution in [0, 0.1) is 11.3 Å². The van der Waals surface area contributed by atoms with Crippen LogP contribution in [-0.2, 0) is 9.53 Å². The minimum atomic E-state index is -3.04. The number of piperidine rings is 1. The maximum atomic E-state index is 15.0. The number of ether oxygens (including phenoxy) is 1. The Balaban J connectivity index is 1.64. The van der Waals surface area contributed by atoms with Crippen LogP contribution < -0.4 is 5.32 Å². The minimum Gasteiger partial charge on any atom is -0.381 e. The number of likely N-dealkylation sites (tertiary alicyclic amines) is 1. The normalized spacial score (nSPS) is 21.3. The van der Waals surface area contributed by atoms with E-state index in [1.165, 1.54) is 17.2 Å². The van der Waals surface area contributed by atoms with E-state index in [0.29, 0.717) is 36.5 Å². The zero-order valence-corrected chi connectivity index (χ0v) is 19.5. The Hall–Kier alpha value is -3.03. The van der Waals surface area contributed by atoms with E-state index in [-0.39, 0.29) is 30.5 Å². The number of H-pyrrole nitrogens is 1. The molecule has 1 atom stereocenters. The molecule has 2 aromatic heterocycles. The molecular weight excluding hydrogens is 442 g/mol. The molecule has 2 aromatic rings. The van der Waals surface area contributed by atoms with Gasteiger partial charge in [-0.2, -0.15) is 5.26 Å². The Bertz CT molecular complexity index is 1100. The Morgan fingerprint density at radius 2 is 2.21 bits per heavy atom. The number of anilines is 1. The Labute approximate surface area is 197 Å². The van der Waals surface area contributed by atoms with Gasteiger partial charge in [-0.1, -0.05) is 6.08 Å². The van der Waals surface area contributed by atoms with Gasteiger partial charge in [0, 0.05) is 63.1 Å². The number of hydrogen-bond donors (Lipinski definition) is 2. The lowest BCUT2D eigenvalue weighted by Crippen LogP contribution is -2.55. The highest BCUT2D eigenvalue weighted by atomic mass is 19.3. The first kappa shape index (κ1) is 24.1. The van der Waals surface area contributed by atoms with Gasteiger partial charge in [-0.3, -0.25) is 4.79 Å². The van der Waals surface area contributed by atoms with Crippen LogP contribution in [-0.4, -0.2) is 84.6 Å². The van der Waals surface area contributed by atoms with E-state index in [4.69, 9.17) is 4.74 Å². The molecule has 0 aliphatic carbocycles. The third kappa shape index (κ3) is 5.05. The number of nitrogens with one attached hydrogen (secondary N) is 2. The van der Waals surface area contributed by atoms with E-state index in [1.54, 1.807) is 6.08 Å². The number of likely N-dealkylation sites (N-methyl/N-ethyl adjacent to an activating group) is 1. The summed E-state index contributed by atoms with van der Waals surface area (Å²) in [6.07, 6.45) is 7.56. The lowest BCUT2D eigenvalue weighted by atomic mass is 9.90. The summed E-state index contributed by atoms with van der Waals surface area (Å²) >= 11 is 0. The van der Waals surface area contributed by atoms with Crippen molar-refractivity contribution in [3.8, 4) is 6.07 Å². The maximum Gasteiger partial charge on any atom is 0.271 e. The van der Waals surface area contributed by atoms with E-state index in [9.17, 15) is 10.1 Å². The third-order valence-corrected chi connectivity index (χ3v) is 6.50. The first-order chi connectivity index (χ1) is 16.3. The molecule has 2 N–H and O–H groups in total. The summed E-state index contributed by atoms with van der Waals surface area (Å²) in [5.74, 6) is -3.15. The minimum absolute atomic E-state index is 0.0232. The third-order valence-electron chi connectivity index (χ3n) is 6.50. The Morgan fingerprint density at radius 1 is 1.44 bits per heavy atom. The zero-order chi connectivity index (χ0) is 24.3. The Morgan fingerprint density at radius 3 is 2.91 bits per heavy atom. The van der Waals surface area contributed by atoms with Crippen molar-refractivity contribution in [2.75, 3.05) is 52.3 Å². The van der Waals surface area contributed by atoms with Gasteiger partial charge >= 0.3 is 0 Å². The number of nitriles is 1. The van der Waals surface area contributed by atoms with Crippen molar-refractivity contribution < 1.29 is 18.3 Å². The number of nitrogens with zero attached hydrogens (tertiary/aromatic N) is 4. The fraction of sp³-hybridized carbons (Fsp3) is 0.542. The van der Waals surface area contributed by atoms with Crippen LogP contribution in [0.3, 0.4) is 0 Å². The highest BCUT2D eigenvalue weighted by molar-refractivity contribution is 5.96. The van der Waals surface area contributed by atoms with Gasteiger partial charge < -0.3 is 24.8 Å². The second kappa shape index (κ2) is 10.1. The van der Waals surface area contributed by atoms with Gasteiger partial charge in [0.15, 0.2) is 0 Å². The molecule has 0 radical (unpaired) electrons. The smallest absolute Gasteiger partial charge is 0.271 e.